The first-order valence-corrected chi connectivity index (χ1v) is 8.81. The predicted molar refractivity (Wildman–Crippen MR) is 97.5 cm³/mol. The lowest BCUT2D eigenvalue weighted by atomic mass is 9.85. The summed E-state index contributed by atoms with van der Waals surface area (Å²) < 4.78 is 0. The van der Waals surface area contributed by atoms with Crippen LogP contribution in [0.4, 0.5) is 0 Å². The maximum absolute atomic E-state index is 12.3. The molecule has 0 saturated carbocycles. The summed E-state index contributed by atoms with van der Waals surface area (Å²) in [5.74, 6) is -0.0554. The Balaban J connectivity index is 1.82. The van der Waals surface area contributed by atoms with Gasteiger partial charge in [-0.2, -0.15) is 0 Å². The van der Waals surface area contributed by atoms with E-state index >= 15 is 0 Å². The fourth-order valence-electron chi connectivity index (χ4n) is 2.99. The topological polar surface area (TPSA) is 52.6 Å². The van der Waals surface area contributed by atoms with Crippen LogP contribution in [-0.4, -0.2) is 41.1 Å². The number of hydrogen-bond acceptors (Lipinski definition) is 3. The van der Waals surface area contributed by atoms with E-state index in [1.165, 1.54) is 5.56 Å². The fraction of sp³-hybridized carbons (Fsp3) is 0.550. The monoisotopic (exact) mass is 330 g/mol. The van der Waals surface area contributed by atoms with Crippen molar-refractivity contribution in [3.63, 3.8) is 0 Å². The van der Waals surface area contributed by atoms with Crippen molar-refractivity contribution in [2.45, 2.75) is 45.3 Å². The number of benzene rings is 1. The number of likely N-dealkylation sites (tertiary alicyclic amines) is 1. The molecule has 2 N–H and O–H groups in total. The lowest BCUT2D eigenvalue weighted by molar-refractivity contribution is -0.129. The zero-order valence-electron chi connectivity index (χ0n) is 14.9. The smallest absolute Gasteiger partial charge is 0.229 e. The van der Waals surface area contributed by atoms with Gasteiger partial charge in [-0.3, -0.25) is 9.69 Å². The lowest BCUT2D eigenvalue weighted by Gasteiger charge is -2.39. The number of carbonyl (C=O) groups excluding carboxylic acids is 1. The highest BCUT2D eigenvalue weighted by molar-refractivity contribution is 5.84. The molecule has 0 aromatic heterocycles. The number of nitrogens with zero attached hydrogens (tertiary/aromatic N) is 1. The predicted octanol–water partition coefficient (Wildman–Crippen LogP) is 2.73. The molecule has 1 amide bonds. The Morgan fingerprint density at radius 2 is 2.00 bits per heavy atom. The SMILES string of the molecule is C=CC(C)(CC)C(=O)NCC1(O)CCN(Cc2ccccc2)CC1. The molecule has 0 spiro atoms. The van der Waals surface area contributed by atoms with Crippen molar-refractivity contribution >= 4 is 5.91 Å². The van der Waals surface area contributed by atoms with Gasteiger partial charge in [-0.15, -0.1) is 6.58 Å². The number of nitrogens with one attached hydrogen (secondary N) is 1. The molecule has 1 aliphatic heterocycles. The third kappa shape index (κ3) is 4.68. The maximum Gasteiger partial charge on any atom is 0.229 e. The minimum atomic E-state index is -0.807. The quantitative estimate of drug-likeness (QED) is 0.756. The third-order valence-corrected chi connectivity index (χ3v) is 5.32. The van der Waals surface area contributed by atoms with Crippen LogP contribution in [0.2, 0.25) is 0 Å². The van der Waals surface area contributed by atoms with Crippen molar-refractivity contribution in [1.82, 2.24) is 10.2 Å². The van der Waals surface area contributed by atoms with Gasteiger partial charge in [0.2, 0.25) is 5.91 Å². The van der Waals surface area contributed by atoms with Gasteiger partial charge in [0.25, 0.3) is 0 Å². The fourth-order valence-corrected chi connectivity index (χ4v) is 2.99. The van der Waals surface area contributed by atoms with Crippen molar-refractivity contribution in [2.24, 2.45) is 5.41 Å². The highest BCUT2D eigenvalue weighted by Crippen LogP contribution is 2.25. The first-order chi connectivity index (χ1) is 11.4. The summed E-state index contributed by atoms with van der Waals surface area (Å²) in [5, 5.41) is 13.7. The van der Waals surface area contributed by atoms with Gasteiger partial charge in [0.15, 0.2) is 0 Å². The van der Waals surface area contributed by atoms with Crippen molar-refractivity contribution in [2.75, 3.05) is 19.6 Å². The number of rotatable bonds is 7. The molecule has 1 unspecified atom stereocenters. The number of hydrogen-bond donors (Lipinski definition) is 2. The summed E-state index contributed by atoms with van der Waals surface area (Å²) in [5.41, 5.74) is -0.0794. The van der Waals surface area contributed by atoms with Gasteiger partial charge in [-0.25, -0.2) is 0 Å². The van der Waals surface area contributed by atoms with Crippen LogP contribution in [0, 0.1) is 5.41 Å². The second-order valence-corrected chi connectivity index (χ2v) is 7.14. The summed E-state index contributed by atoms with van der Waals surface area (Å²) >= 11 is 0. The molecule has 4 heteroatoms. The molecule has 132 valence electrons. The average molecular weight is 330 g/mol. The minimum absolute atomic E-state index is 0.0554. The Bertz CT molecular complexity index is 550. The van der Waals surface area contributed by atoms with Crippen LogP contribution in [0.1, 0.15) is 38.7 Å². The van der Waals surface area contributed by atoms with Crippen LogP contribution < -0.4 is 5.32 Å². The Morgan fingerprint density at radius 1 is 1.38 bits per heavy atom. The third-order valence-electron chi connectivity index (χ3n) is 5.32. The Kier molecular flexibility index (Phi) is 6.19. The van der Waals surface area contributed by atoms with Gasteiger partial charge in [-0.1, -0.05) is 43.3 Å². The number of carbonyl (C=O) groups is 1. The molecule has 2 rings (SSSR count). The van der Waals surface area contributed by atoms with E-state index in [1.54, 1.807) is 6.08 Å². The Labute approximate surface area is 145 Å². The summed E-state index contributed by atoms with van der Waals surface area (Å²) in [6, 6.07) is 10.4. The highest BCUT2D eigenvalue weighted by atomic mass is 16.3. The molecule has 24 heavy (non-hydrogen) atoms. The molecule has 4 nitrogen and oxygen atoms in total. The van der Waals surface area contributed by atoms with Gasteiger partial charge in [0.05, 0.1) is 11.0 Å². The summed E-state index contributed by atoms with van der Waals surface area (Å²) in [4.78, 5) is 14.7. The highest BCUT2D eigenvalue weighted by Gasteiger charge is 2.35. The minimum Gasteiger partial charge on any atom is -0.388 e. The van der Waals surface area contributed by atoms with E-state index in [0.29, 0.717) is 25.8 Å². The van der Waals surface area contributed by atoms with E-state index in [9.17, 15) is 9.90 Å². The van der Waals surface area contributed by atoms with Crippen molar-refractivity contribution in [1.29, 1.82) is 0 Å². The van der Waals surface area contributed by atoms with Crippen LogP contribution in [0.15, 0.2) is 43.0 Å². The van der Waals surface area contributed by atoms with Crippen molar-refractivity contribution in [3.05, 3.63) is 48.6 Å². The van der Waals surface area contributed by atoms with Gasteiger partial charge >= 0.3 is 0 Å². The molecule has 1 aromatic rings. The average Bonchev–Trinajstić information content (AvgIpc) is 2.62. The molecule has 0 radical (unpaired) electrons. The maximum atomic E-state index is 12.3. The summed E-state index contributed by atoms with van der Waals surface area (Å²) in [7, 11) is 0. The van der Waals surface area contributed by atoms with E-state index in [2.05, 4.69) is 41.1 Å². The van der Waals surface area contributed by atoms with Crippen LogP contribution in [0.5, 0.6) is 0 Å². The van der Waals surface area contributed by atoms with E-state index in [-0.39, 0.29) is 5.91 Å². The Morgan fingerprint density at radius 3 is 2.54 bits per heavy atom. The molecule has 1 atom stereocenters. The molecule has 1 aromatic carbocycles. The molecule has 0 aliphatic carbocycles. The molecular formula is C20H30N2O2. The van der Waals surface area contributed by atoms with Crippen LogP contribution in [0.3, 0.4) is 0 Å². The first-order valence-electron chi connectivity index (χ1n) is 8.81. The van der Waals surface area contributed by atoms with Crippen LogP contribution in [0.25, 0.3) is 0 Å². The van der Waals surface area contributed by atoms with Crippen LogP contribution >= 0.6 is 0 Å². The summed E-state index contributed by atoms with van der Waals surface area (Å²) in [6.45, 7) is 10.5. The van der Waals surface area contributed by atoms with Gasteiger partial charge < -0.3 is 10.4 Å². The molecule has 1 saturated heterocycles. The normalized spacial score (nSPS) is 20.1. The van der Waals surface area contributed by atoms with Gasteiger partial charge in [0.1, 0.15) is 0 Å². The molecule has 0 bridgehead atoms. The van der Waals surface area contributed by atoms with Crippen molar-refractivity contribution < 1.29 is 9.90 Å². The Hall–Kier alpha value is -1.65. The van der Waals surface area contributed by atoms with E-state index < -0.39 is 11.0 Å². The number of aliphatic hydroxyl groups is 1. The van der Waals surface area contributed by atoms with Crippen molar-refractivity contribution in [3.8, 4) is 0 Å². The molecule has 1 heterocycles. The lowest BCUT2D eigenvalue weighted by Crippen LogP contribution is -2.52. The largest absolute Gasteiger partial charge is 0.388 e. The van der Waals surface area contributed by atoms with Gasteiger partial charge in [0, 0.05) is 26.2 Å². The van der Waals surface area contributed by atoms with Crippen LogP contribution in [-0.2, 0) is 11.3 Å². The number of piperidine rings is 1. The standard InChI is InChI=1S/C20H30N2O2/c1-4-19(3,5-2)18(23)21-16-20(24)11-13-22(14-12-20)15-17-9-7-6-8-10-17/h4,6-10,24H,1,5,11-16H2,2-3H3,(H,21,23). The van der Waals surface area contributed by atoms with Gasteiger partial charge in [-0.05, 0) is 31.7 Å². The zero-order chi connectivity index (χ0) is 17.6. The molecular weight excluding hydrogens is 300 g/mol. The van der Waals surface area contributed by atoms with E-state index in [0.717, 1.165) is 19.6 Å². The summed E-state index contributed by atoms with van der Waals surface area (Å²) in [6.07, 6.45) is 3.74. The molecule has 1 fully saturated rings. The second-order valence-electron chi connectivity index (χ2n) is 7.14. The number of amides is 1. The van der Waals surface area contributed by atoms with E-state index in [1.807, 2.05) is 19.9 Å². The van der Waals surface area contributed by atoms with E-state index in [4.69, 9.17) is 0 Å². The second kappa shape index (κ2) is 7.95. The molecule has 1 aliphatic rings. The zero-order valence-corrected chi connectivity index (χ0v) is 14.9. The first kappa shape index (κ1) is 18.7.